The molecule has 0 amide bonds. The van der Waals surface area contributed by atoms with Crippen molar-refractivity contribution in [3.8, 4) is 11.5 Å². The summed E-state index contributed by atoms with van der Waals surface area (Å²) >= 11 is 0. The first-order valence-corrected chi connectivity index (χ1v) is 8.08. The van der Waals surface area contributed by atoms with Crippen LogP contribution in [0.5, 0.6) is 11.5 Å². The molecule has 3 aliphatic rings. The Morgan fingerprint density at radius 1 is 1.00 bits per heavy atom. The van der Waals surface area contributed by atoms with Gasteiger partial charge in [0.1, 0.15) is 0 Å². The molecule has 4 nitrogen and oxygen atoms in total. The monoisotopic (exact) mass is 320 g/mol. The maximum atomic E-state index is 12.5. The van der Waals surface area contributed by atoms with E-state index in [9.17, 15) is 4.79 Å². The second-order valence-corrected chi connectivity index (χ2v) is 6.47. The van der Waals surface area contributed by atoms with E-state index in [-0.39, 0.29) is 30.5 Å². The van der Waals surface area contributed by atoms with Crippen LogP contribution in [0.3, 0.4) is 0 Å². The summed E-state index contributed by atoms with van der Waals surface area (Å²) in [6, 6.07) is 14.1. The highest BCUT2D eigenvalue weighted by Gasteiger charge is 2.49. The fourth-order valence-corrected chi connectivity index (χ4v) is 4.16. The van der Waals surface area contributed by atoms with E-state index in [2.05, 4.69) is 18.7 Å². The average molecular weight is 320 g/mol. The molecule has 3 unspecified atom stereocenters. The van der Waals surface area contributed by atoms with Gasteiger partial charge < -0.3 is 14.2 Å². The third-order valence-electron chi connectivity index (χ3n) is 5.30. The Kier molecular flexibility index (Phi) is 2.77. The lowest BCUT2D eigenvalue weighted by molar-refractivity contribution is -0.141. The van der Waals surface area contributed by atoms with E-state index in [1.165, 1.54) is 0 Å². The maximum Gasteiger partial charge on any atom is 0.310 e. The fourth-order valence-electron chi connectivity index (χ4n) is 4.16. The second kappa shape index (κ2) is 4.87. The highest BCUT2D eigenvalue weighted by molar-refractivity contribution is 5.86. The topological polar surface area (TPSA) is 44.8 Å². The minimum absolute atomic E-state index is 0.00979. The highest BCUT2D eigenvalue weighted by atomic mass is 16.7. The molecule has 2 aromatic carbocycles. The number of rotatable bonds is 1. The first kappa shape index (κ1) is 13.7. The quantitative estimate of drug-likeness (QED) is 0.756. The largest absolute Gasteiger partial charge is 0.465 e. The molecule has 3 atom stereocenters. The SMILES string of the molecule is C=C1c2cc3c(cc2C(c2ccccc2)C2C(=O)OCC12)OCO3. The molecule has 2 heterocycles. The molecule has 1 fully saturated rings. The van der Waals surface area contributed by atoms with Crippen LogP contribution in [0.25, 0.3) is 5.57 Å². The number of carbonyl (C=O) groups excluding carboxylic acids is 1. The fraction of sp³-hybridized carbons (Fsp3) is 0.250. The molecule has 4 heteroatoms. The third kappa shape index (κ3) is 1.77. The van der Waals surface area contributed by atoms with Crippen molar-refractivity contribution < 1.29 is 19.0 Å². The van der Waals surface area contributed by atoms with Gasteiger partial charge in [0.15, 0.2) is 11.5 Å². The van der Waals surface area contributed by atoms with Crippen LogP contribution in [-0.2, 0) is 9.53 Å². The summed E-state index contributed by atoms with van der Waals surface area (Å²) < 4.78 is 16.5. The van der Waals surface area contributed by atoms with Gasteiger partial charge in [0, 0.05) is 11.8 Å². The van der Waals surface area contributed by atoms with E-state index in [0.717, 1.165) is 33.8 Å². The van der Waals surface area contributed by atoms with Gasteiger partial charge in [-0.2, -0.15) is 0 Å². The molecule has 0 spiro atoms. The van der Waals surface area contributed by atoms with E-state index in [1.807, 2.05) is 30.3 Å². The highest BCUT2D eigenvalue weighted by Crippen LogP contribution is 2.53. The predicted octanol–water partition coefficient (Wildman–Crippen LogP) is 3.36. The molecule has 24 heavy (non-hydrogen) atoms. The van der Waals surface area contributed by atoms with Crippen molar-refractivity contribution in [2.75, 3.05) is 13.4 Å². The predicted molar refractivity (Wildman–Crippen MR) is 87.8 cm³/mol. The molecule has 1 saturated heterocycles. The number of hydrogen-bond donors (Lipinski definition) is 0. The maximum absolute atomic E-state index is 12.5. The van der Waals surface area contributed by atoms with Crippen molar-refractivity contribution in [1.82, 2.24) is 0 Å². The number of hydrogen-bond acceptors (Lipinski definition) is 4. The number of carbonyl (C=O) groups is 1. The van der Waals surface area contributed by atoms with Gasteiger partial charge in [0.05, 0.1) is 12.5 Å². The van der Waals surface area contributed by atoms with E-state index >= 15 is 0 Å². The van der Waals surface area contributed by atoms with Crippen molar-refractivity contribution in [3.05, 3.63) is 65.7 Å². The molecule has 2 aliphatic heterocycles. The summed E-state index contributed by atoms with van der Waals surface area (Å²) in [5, 5.41) is 0. The van der Waals surface area contributed by atoms with Crippen molar-refractivity contribution in [2.24, 2.45) is 11.8 Å². The molecule has 120 valence electrons. The second-order valence-electron chi connectivity index (χ2n) is 6.47. The molecule has 0 N–H and O–H groups in total. The summed E-state index contributed by atoms with van der Waals surface area (Å²) in [6.07, 6.45) is 0. The Hall–Kier alpha value is -2.75. The average Bonchev–Trinajstić information content (AvgIpc) is 3.22. The normalized spacial score (nSPS) is 26.8. The lowest BCUT2D eigenvalue weighted by Gasteiger charge is -2.35. The Morgan fingerprint density at radius 2 is 1.75 bits per heavy atom. The van der Waals surface area contributed by atoms with Crippen LogP contribution >= 0.6 is 0 Å². The molecule has 2 aromatic rings. The Labute approximate surface area is 139 Å². The van der Waals surface area contributed by atoms with Crippen molar-refractivity contribution in [1.29, 1.82) is 0 Å². The smallest absolute Gasteiger partial charge is 0.310 e. The van der Waals surface area contributed by atoms with Crippen LogP contribution in [0.4, 0.5) is 0 Å². The summed E-state index contributed by atoms with van der Waals surface area (Å²) in [7, 11) is 0. The minimum Gasteiger partial charge on any atom is -0.465 e. The van der Waals surface area contributed by atoms with Crippen molar-refractivity contribution in [3.63, 3.8) is 0 Å². The molecule has 0 aromatic heterocycles. The number of fused-ring (bicyclic) bond motifs is 3. The van der Waals surface area contributed by atoms with Gasteiger partial charge >= 0.3 is 5.97 Å². The van der Waals surface area contributed by atoms with Gasteiger partial charge in [-0.3, -0.25) is 4.79 Å². The molecule has 0 radical (unpaired) electrons. The third-order valence-corrected chi connectivity index (χ3v) is 5.30. The molecule has 0 bridgehead atoms. The summed E-state index contributed by atoms with van der Waals surface area (Å²) in [4.78, 5) is 12.5. The van der Waals surface area contributed by atoms with Crippen LogP contribution in [0.15, 0.2) is 49.0 Å². The van der Waals surface area contributed by atoms with Crippen LogP contribution in [0.1, 0.15) is 22.6 Å². The molecule has 1 aliphatic carbocycles. The summed E-state index contributed by atoms with van der Waals surface area (Å²) in [6.45, 7) is 4.89. The molecule has 0 saturated carbocycles. The van der Waals surface area contributed by atoms with E-state index in [0.29, 0.717) is 6.61 Å². The molecular formula is C20H16O4. The summed E-state index contributed by atoms with van der Waals surface area (Å²) in [5.41, 5.74) is 4.17. The zero-order chi connectivity index (χ0) is 16.3. The van der Waals surface area contributed by atoms with Gasteiger partial charge in [0.2, 0.25) is 6.79 Å². The zero-order valence-electron chi connectivity index (χ0n) is 13.0. The Bertz CT molecular complexity index is 855. The summed E-state index contributed by atoms with van der Waals surface area (Å²) in [5.74, 6) is 1.06. The van der Waals surface area contributed by atoms with Crippen LogP contribution in [-0.4, -0.2) is 19.4 Å². The van der Waals surface area contributed by atoms with Gasteiger partial charge in [-0.25, -0.2) is 0 Å². The molecular weight excluding hydrogens is 304 g/mol. The first-order valence-electron chi connectivity index (χ1n) is 8.08. The standard InChI is InChI=1S/C20H16O4/c1-11-13-7-16-17(24-10-23-16)8-14(13)18(12-5-3-2-4-6-12)19-15(11)9-22-20(19)21/h2-8,15,18-19H,1,9-10H2. The number of benzene rings is 2. The van der Waals surface area contributed by atoms with E-state index < -0.39 is 0 Å². The van der Waals surface area contributed by atoms with Gasteiger partial charge in [-0.15, -0.1) is 0 Å². The lowest BCUT2D eigenvalue weighted by atomic mass is 9.66. The Balaban J connectivity index is 1.76. The van der Waals surface area contributed by atoms with E-state index in [1.54, 1.807) is 0 Å². The Morgan fingerprint density at radius 3 is 2.54 bits per heavy atom. The zero-order valence-corrected chi connectivity index (χ0v) is 13.0. The van der Waals surface area contributed by atoms with Gasteiger partial charge in [0.25, 0.3) is 0 Å². The van der Waals surface area contributed by atoms with Gasteiger partial charge in [-0.05, 0) is 34.4 Å². The van der Waals surface area contributed by atoms with Gasteiger partial charge in [-0.1, -0.05) is 36.9 Å². The van der Waals surface area contributed by atoms with Crippen LogP contribution in [0, 0.1) is 11.8 Å². The van der Waals surface area contributed by atoms with Crippen molar-refractivity contribution >= 4 is 11.5 Å². The van der Waals surface area contributed by atoms with Crippen LogP contribution in [0.2, 0.25) is 0 Å². The first-order chi connectivity index (χ1) is 11.7. The number of cyclic esters (lactones) is 1. The van der Waals surface area contributed by atoms with Crippen LogP contribution < -0.4 is 9.47 Å². The number of ether oxygens (including phenoxy) is 3. The number of esters is 1. The minimum atomic E-state index is -0.229. The molecule has 5 rings (SSSR count). The lowest BCUT2D eigenvalue weighted by Crippen LogP contribution is -2.30. The van der Waals surface area contributed by atoms with E-state index in [4.69, 9.17) is 14.2 Å². The van der Waals surface area contributed by atoms with Crippen molar-refractivity contribution in [2.45, 2.75) is 5.92 Å².